The molecule has 0 spiro atoms. The Morgan fingerprint density at radius 3 is 2.86 bits per heavy atom. The molecule has 3 nitrogen and oxygen atoms in total. The predicted molar refractivity (Wildman–Crippen MR) is 56.8 cm³/mol. The molecule has 0 amide bonds. The fraction of sp³-hybridized carbons (Fsp3) is 0.727. The van der Waals surface area contributed by atoms with Gasteiger partial charge in [-0.15, -0.1) is 0 Å². The number of hydrogen-bond donors (Lipinski definition) is 1. The minimum Gasteiger partial charge on any atom is -0.333 e. The third-order valence-electron chi connectivity index (χ3n) is 3.32. The van der Waals surface area contributed by atoms with Crippen LogP contribution in [-0.2, 0) is 6.54 Å². The highest BCUT2D eigenvalue weighted by Crippen LogP contribution is 2.41. The van der Waals surface area contributed by atoms with Crippen molar-refractivity contribution in [1.82, 2.24) is 9.55 Å². The molecule has 2 N–H and O–H groups in total. The number of nitrogens with zero attached hydrogens (tertiary/aromatic N) is 2. The molecule has 3 heteroatoms. The molecule has 14 heavy (non-hydrogen) atoms. The third kappa shape index (κ3) is 1.69. The lowest BCUT2D eigenvalue weighted by Gasteiger charge is -2.39. The van der Waals surface area contributed by atoms with Gasteiger partial charge in [0.25, 0.3) is 0 Å². The Morgan fingerprint density at radius 2 is 2.36 bits per heavy atom. The monoisotopic (exact) mass is 193 g/mol. The van der Waals surface area contributed by atoms with E-state index in [1.165, 1.54) is 19.3 Å². The number of aromatic nitrogens is 2. The van der Waals surface area contributed by atoms with Crippen LogP contribution in [0.4, 0.5) is 0 Å². The van der Waals surface area contributed by atoms with Crippen molar-refractivity contribution in [2.75, 3.05) is 0 Å². The van der Waals surface area contributed by atoms with Crippen molar-refractivity contribution in [3.05, 3.63) is 18.2 Å². The first-order valence-corrected chi connectivity index (χ1v) is 5.36. The summed E-state index contributed by atoms with van der Waals surface area (Å²) in [5.41, 5.74) is 7.52. The fourth-order valence-electron chi connectivity index (χ4n) is 2.19. The molecule has 1 saturated carbocycles. The molecule has 0 saturated heterocycles. The van der Waals surface area contributed by atoms with Gasteiger partial charge in [0.05, 0.1) is 12.0 Å². The first kappa shape index (κ1) is 9.71. The lowest BCUT2D eigenvalue weighted by Crippen LogP contribution is -2.31. The van der Waals surface area contributed by atoms with E-state index < -0.39 is 0 Å². The maximum atomic E-state index is 5.88. The van der Waals surface area contributed by atoms with Gasteiger partial charge >= 0.3 is 0 Å². The summed E-state index contributed by atoms with van der Waals surface area (Å²) in [4.78, 5) is 4.17. The zero-order valence-electron chi connectivity index (χ0n) is 9.03. The molecule has 0 unspecified atom stereocenters. The largest absolute Gasteiger partial charge is 0.333 e. The number of rotatable bonds is 3. The second kappa shape index (κ2) is 3.39. The summed E-state index contributed by atoms with van der Waals surface area (Å²) in [6.45, 7) is 5.43. The van der Waals surface area contributed by atoms with E-state index >= 15 is 0 Å². The summed E-state index contributed by atoms with van der Waals surface area (Å²) < 4.78 is 2.21. The summed E-state index contributed by atoms with van der Waals surface area (Å²) >= 11 is 0. The zero-order valence-corrected chi connectivity index (χ0v) is 9.03. The molecule has 2 rings (SSSR count). The van der Waals surface area contributed by atoms with Crippen molar-refractivity contribution in [3.63, 3.8) is 0 Å². The zero-order chi connectivity index (χ0) is 10.2. The lowest BCUT2D eigenvalue weighted by atomic mass is 9.70. The summed E-state index contributed by atoms with van der Waals surface area (Å²) in [5, 5.41) is 0. The van der Waals surface area contributed by atoms with E-state index in [4.69, 9.17) is 5.73 Å². The van der Waals surface area contributed by atoms with Crippen molar-refractivity contribution >= 4 is 0 Å². The van der Waals surface area contributed by atoms with Crippen molar-refractivity contribution in [1.29, 1.82) is 0 Å². The van der Waals surface area contributed by atoms with Crippen LogP contribution in [0, 0.1) is 5.41 Å². The second-order valence-electron chi connectivity index (χ2n) is 4.90. The Kier molecular flexibility index (Phi) is 2.35. The van der Waals surface area contributed by atoms with Crippen LogP contribution in [0.2, 0.25) is 0 Å². The summed E-state index contributed by atoms with van der Waals surface area (Å²) in [5.74, 6) is 0. The van der Waals surface area contributed by atoms with Gasteiger partial charge in [-0.1, -0.05) is 13.3 Å². The van der Waals surface area contributed by atoms with Crippen LogP contribution in [0.15, 0.2) is 12.5 Å². The maximum absolute atomic E-state index is 5.88. The van der Waals surface area contributed by atoms with E-state index in [0.29, 0.717) is 5.41 Å². The van der Waals surface area contributed by atoms with Gasteiger partial charge in [-0.25, -0.2) is 4.98 Å². The summed E-state index contributed by atoms with van der Waals surface area (Å²) in [6.07, 6.45) is 7.83. The SMILES string of the molecule is C[C@@H](N)c1cncn1CC1(C)CCC1. The third-order valence-corrected chi connectivity index (χ3v) is 3.32. The van der Waals surface area contributed by atoms with Crippen molar-refractivity contribution in [2.45, 2.75) is 45.7 Å². The number of hydrogen-bond acceptors (Lipinski definition) is 2. The number of nitrogens with two attached hydrogens (primary N) is 1. The molecule has 0 aliphatic heterocycles. The average Bonchev–Trinajstić information content (AvgIpc) is 2.49. The van der Waals surface area contributed by atoms with Crippen molar-refractivity contribution < 1.29 is 0 Å². The smallest absolute Gasteiger partial charge is 0.0948 e. The van der Waals surface area contributed by atoms with Crippen LogP contribution in [0.25, 0.3) is 0 Å². The topological polar surface area (TPSA) is 43.8 Å². The van der Waals surface area contributed by atoms with E-state index in [9.17, 15) is 0 Å². The van der Waals surface area contributed by atoms with Crippen LogP contribution in [0.3, 0.4) is 0 Å². The van der Waals surface area contributed by atoms with E-state index in [1.807, 2.05) is 19.4 Å². The molecule has 1 atom stereocenters. The van der Waals surface area contributed by atoms with Crippen LogP contribution in [-0.4, -0.2) is 9.55 Å². The molecule has 0 bridgehead atoms. The molecule has 78 valence electrons. The molecular formula is C11H19N3. The molecule has 0 aromatic carbocycles. The van der Waals surface area contributed by atoms with Crippen LogP contribution in [0.1, 0.15) is 44.8 Å². The van der Waals surface area contributed by atoms with E-state index in [1.54, 1.807) is 0 Å². The van der Waals surface area contributed by atoms with Crippen LogP contribution < -0.4 is 5.73 Å². The molecular weight excluding hydrogens is 174 g/mol. The van der Waals surface area contributed by atoms with E-state index in [-0.39, 0.29) is 6.04 Å². The average molecular weight is 193 g/mol. The standard InChI is InChI=1S/C11H19N3/c1-9(12)10-6-13-8-14(10)7-11(2)4-3-5-11/h6,8-9H,3-5,7,12H2,1-2H3/t9-/m1/s1. The Morgan fingerprint density at radius 1 is 1.64 bits per heavy atom. The highest BCUT2D eigenvalue weighted by atomic mass is 15.1. The van der Waals surface area contributed by atoms with Gasteiger partial charge in [0, 0.05) is 18.8 Å². The molecule has 1 aromatic rings. The fourth-order valence-corrected chi connectivity index (χ4v) is 2.19. The van der Waals surface area contributed by atoms with Crippen LogP contribution in [0.5, 0.6) is 0 Å². The maximum Gasteiger partial charge on any atom is 0.0948 e. The van der Waals surface area contributed by atoms with Gasteiger partial charge in [-0.3, -0.25) is 0 Å². The van der Waals surface area contributed by atoms with Gasteiger partial charge in [0.15, 0.2) is 0 Å². The van der Waals surface area contributed by atoms with E-state index in [0.717, 1.165) is 12.2 Å². The first-order valence-electron chi connectivity index (χ1n) is 5.36. The predicted octanol–water partition coefficient (Wildman–Crippen LogP) is 2.09. The first-order chi connectivity index (χ1) is 6.61. The Balaban J connectivity index is 2.12. The van der Waals surface area contributed by atoms with Crippen molar-refractivity contribution in [3.8, 4) is 0 Å². The van der Waals surface area contributed by atoms with Gasteiger partial charge in [0.1, 0.15) is 0 Å². The number of imidazole rings is 1. The molecule has 1 aliphatic carbocycles. The highest BCUT2D eigenvalue weighted by Gasteiger charge is 2.32. The normalized spacial score (nSPS) is 21.6. The van der Waals surface area contributed by atoms with E-state index in [2.05, 4.69) is 16.5 Å². The molecule has 1 aromatic heterocycles. The molecule has 0 radical (unpaired) electrons. The quantitative estimate of drug-likeness (QED) is 0.798. The van der Waals surface area contributed by atoms with Gasteiger partial charge in [-0.2, -0.15) is 0 Å². The van der Waals surface area contributed by atoms with Gasteiger partial charge in [-0.05, 0) is 25.2 Å². The Bertz CT molecular complexity index is 310. The second-order valence-corrected chi connectivity index (χ2v) is 4.90. The molecule has 1 aliphatic rings. The molecule has 1 fully saturated rings. The summed E-state index contributed by atoms with van der Waals surface area (Å²) in [6, 6.07) is 0.0844. The lowest BCUT2D eigenvalue weighted by molar-refractivity contribution is 0.130. The molecule has 1 heterocycles. The van der Waals surface area contributed by atoms with Crippen LogP contribution >= 0.6 is 0 Å². The minimum absolute atomic E-state index is 0.0844. The van der Waals surface area contributed by atoms with Crippen molar-refractivity contribution in [2.24, 2.45) is 11.1 Å². The minimum atomic E-state index is 0.0844. The van der Waals surface area contributed by atoms with Gasteiger partial charge < -0.3 is 10.3 Å². The Hall–Kier alpha value is -0.830. The summed E-state index contributed by atoms with van der Waals surface area (Å²) in [7, 11) is 0. The highest BCUT2D eigenvalue weighted by molar-refractivity contribution is 5.04. The Labute approximate surface area is 85.3 Å². The van der Waals surface area contributed by atoms with Gasteiger partial charge in [0.2, 0.25) is 0 Å².